The third-order valence-electron chi connectivity index (χ3n) is 3.10. The van der Waals surface area contributed by atoms with Gasteiger partial charge in [-0.25, -0.2) is 0 Å². The predicted molar refractivity (Wildman–Crippen MR) is 67.6 cm³/mol. The maximum atomic E-state index is 10.8. The van der Waals surface area contributed by atoms with Crippen LogP contribution in [0, 0.1) is 5.92 Å². The summed E-state index contributed by atoms with van der Waals surface area (Å²) in [6.07, 6.45) is 5.89. The Kier molecular flexibility index (Phi) is 3.94. The molecular formula is C14H17NO2. The monoisotopic (exact) mass is 231 g/mol. The minimum Gasteiger partial charge on any atom is -0.480 e. The summed E-state index contributed by atoms with van der Waals surface area (Å²) in [6, 6.07) is 9.78. The van der Waals surface area contributed by atoms with Crippen LogP contribution in [0.3, 0.4) is 0 Å². The number of allylic oxidation sites excluding steroid dienone is 1. The van der Waals surface area contributed by atoms with Crippen LogP contribution in [-0.2, 0) is 4.79 Å². The summed E-state index contributed by atoms with van der Waals surface area (Å²) in [7, 11) is 0. The van der Waals surface area contributed by atoms with Crippen LogP contribution in [0.4, 0.5) is 0 Å². The Morgan fingerprint density at radius 3 is 2.82 bits per heavy atom. The molecule has 0 saturated carbocycles. The number of carbonyl (C=O) groups is 1. The molecule has 2 N–H and O–H groups in total. The molecule has 0 bridgehead atoms. The Morgan fingerprint density at radius 2 is 2.18 bits per heavy atom. The Balaban J connectivity index is 1.80. The average molecular weight is 231 g/mol. The second-order valence-corrected chi connectivity index (χ2v) is 4.45. The van der Waals surface area contributed by atoms with E-state index in [1.165, 1.54) is 5.56 Å². The van der Waals surface area contributed by atoms with Crippen molar-refractivity contribution in [3.8, 4) is 0 Å². The first kappa shape index (κ1) is 11.9. The number of aliphatic carboxylic acids is 1. The first-order valence-corrected chi connectivity index (χ1v) is 5.93. The van der Waals surface area contributed by atoms with Gasteiger partial charge in [0.25, 0.3) is 0 Å². The molecule has 1 fully saturated rings. The molecule has 1 aromatic carbocycles. The molecule has 0 spiro atoms. The molecule has 3 heteroatoms. The lowest BCUT2D eigenvalue weighted by Gasteiger charge is -2.03. The molecule has 2 rings (SSSR count). The van der Waals surface area contributed by atoms with E-state index in [0.29, 0.717) is 5.92 Å². The van der Waals surface area contributed by atoms with E-state index in [1.54, 1.807) is 0 Å². The maximum Gasteiger partial charge on any atom is 0.320 e. The van der Waals surface area contributed by atoms with Gasteiger partial charge >= 0.3 is 5.97 Å². The van der Waals surface area contributed by atoms with Gasteiger partial charge in [-0.15, -0.1) is 0 Å². The number of hydrogen-bond donors (Lipinski definition) is 2. The summed E-state index contributed by atoms with van der Waals surface area (Å²) < 4.78 is 0. The minimum atomic E-state index is -0.737. The summed E-state index contributed by atoms with van der Waals surface area (Å²) in [6.45, 7) is 0.802. The fourth-order valence-corrected chi connectivity index (χ4v) is 2.14. The summed E-state index contributed by atoms with van der Waals surface area (Å²) in [5, 5.41) is 11.9. The van der Waals surface area contributed by atoms with Gasteiger partial charge in [0.2, 0.25) is 0 Å². The van der Waals surface area contributed by atoms with Crippen LogP contribution >= 0.6 is 0 Å². The van der Waals surface area contributed by atoms with Crippen molar-refractivity contribution in [3.63, 3.8) is 0 Å². The minimum absolute atomic E-state index is 0.356. The number of nitrogens with one attached hydrogen (secondary N) is 1. The normalized spacial score (nSPS) is 24.2. The second-order valence-electron chi connectivity index (χ2n) is 4.45. The van der Waals surface area contributed by atoms with E-state index in [1.807, 2.05) is 18.2 Å². The first-order valence-electron chi connectivity index (χ1n) is 5.93. The van der Waals surface area contributed by atoms with Crippen molar-refractivity contribution in [1.82, 2.24) is 5.32 Å². The molecule has 3 nitrogen and oxygen atoms in total. The van der Waals surface area contributed by atoms with Gasteiger partial charge in [-0.05, 0) is 30.9 Å². The molecule has 17 heavy (non-hydrogen) atoms. The lowest BCUT2D eigenvalue weighted by Crippen LogP contribution is -2.29. The number of carboxylic acids is 1. The van der Waals surface area contributed by atoms with E-state index in [0.717, 1.165) is 19.4 Å². The van der Waals surface area contributed by atoms with E-state index >= 15 is 0 Å². The highest BCUT2D eigenvalue weighted by Gasteiger charge is 2.27. The fourth-order valence-electron chi connectivity index (χ4n) is 2.14. The van der Waals surface area contributed by atoms with Crippen LogP contribution in [0.15, 0.2) is 36.4 Å². The molecule has 1 aliphatic rings. The van der Waals surface area contributed by atoms with Crippen molar-refractivity contribution >= 4 is 12.0 Å². The highest BCUT2D eigenvalue weighted by molar-refractivity contribution is 5.73. The smallest absolute Gasteiger partial charge is 0.320 e. The highest BCUT2D eigenvalue weighted by atomic mass is 16.4. The van der Waals surface area contributed by atoms with Crippen LogP contribution in [0.5, 0.6) is 0 Å². The molecule has 2 unspecified atom stereocenters. The third kappa shape index (κ3) is 3.43. The molecule has 1 heterocycles. The van der Waals surface area contributed by atoms with Gasteiger partial charge in [0.1, 0.15) is 6.04 Å². The lowest BCUT2D eigenvalue weighted by molar-refractivity contribution is -0.139. The topological polar surface area (TPSA) is 49.3 Å². The fraction of sp³-hybridized carbons (Fsp3) is 0.357. The van der Waals surface area contributed by atoms with Gasteiger partial charge in [-0.3, -0.25) is 4.79 Å². The van der Waals surface area contributed by atoms with Gasteiger partial charge in [-0.1, -0.05) is 42.5 Å². The largest absolute Gasteiger partial charge is 0.480 e. The molecule has 0 aliphatic carbocycles. The number of rotatable bonds is 4. The van der Waals surface area contributed by atoms with Crippen molar-refractivity contribution in [1.29, 1.82) is 0 Å². The molecule has 1 aliphatic heterocycles. The Hall–Kier alpha value is -1.61. The van der Waals surface area contributed by atoms with Gasteiger partial charge in [0, 0.05) is 0 Å². The van der Waals surface area contributed by atoms with Crippen molar-refractivity contribution < 1.29 is 9.90 Å². The summed E-state index contributed by atoms with van der Waals surface area (Å²) in [5.41, 5.74) is 1.19. The lowest BCUT2D eigenvalue weighted by atomic mass is 10.0. The van der Waals surface area contributed by atoms with E-state index in [-0.39, 0.29) is 6.04 Å². The summed E-state index contributed by atoms with van der Waals surface area (Å²) in [4.78, 5) is 10.8. The molecule has 0 aromatic heterocycles. The molecule has 2 atom stereocenters. The van der Waals surface area contributed by atoms with Crippen LogP contribution in [0.25, 0.3) is 6.08 Å². The predicted octanol–water partition coefficient (Wildman–Crippen LogP) is 2.15. The van der Waals surface area contributed by atoms with Crippen LogP contribution < -0.4 is 5.32 Å². The van der Waals surface area contributed by atoms with Crippen molar-refractivity contribution in [2.45, 2.75) is 18.9 Å². The quantitative estimate of drug-likeness (QED) is 0.834. The number of hydrogen-bond acceptors (Lipinski definition) is 2. The van der Waals surface area contributed by atoms with Gasteiger partial charge in [0.15, 0.2) is 0 Å². The molecule has 1 saturated heterocycles. The van der Waals surface area contributed by atoms with E-state index < -0.39 is 5.97 Å². The third-order valence-corrected chi connectivity index (χ3v) is 3.10. The van der Waals surface area contributed by atoms with Gasteiger partial charge < -0.3 is 10.4 Å². The zero-order chi connectivity index (χ0) is 12.1. The molecule has 1 aromatic rings. The van der Waals surface area contributed by atoms with Gasteiger partial charge in [0.05, 0.1) is 0 Å². The second kappa shape index (κ2) is 5.64. The number of carboxylic acid groups (broad SMARTS) is 1. The zero-order valence-electron chi connectivity index (χ0n) is 9.67. The summed E-state index contributed by atoms with van der Waals surface area (Å²) >= 11 is 0. The average Bonchev–Trinajstić information content (AvgIpc) is 2.79. The standard InChI is InChI=1S/C14H17NO2/c16-14(17)13-9-12(10-15-13)8-4-7-11-5-2-1-3-6-11/h1-7,12-13,15H,8-10H2,(H,16,17)/b7-4+. The summed E-state index contributed by atoms with van der Waals surface area (Å²) in [5.74, 6) is -0.296. The number of benzene rings is 1. The Bertz CT molecular complexity index is 400. The van der Waals surface area contributed by atoms with Crippen molar-refractivity contribution in [2.24, 2.45) is 5.92 Å². The SMILES string of the molecule is O=C(O)C1CC(C/C=C/c2ccccc2)CN1. The van der Waals surface area contributed by atoms with Crippen molar-refractivity contribution in [2.75, 3.05) is 6.54 Å². The molecule has 90 valence electrons. The Labute approximate surface area is 101 Å². The van der Waals surface area contributed by atoms with Crippen LogP contribution in [0.1, 0.15) is 18.4 Å². The highest BCUT2D eigenvalue weighted by Crippen LogP contribution is 2.18. The van der Waals surface area contributed by atoms with Gasteiger partial charge in [-0.2, -0.15) is 0 Å². The van der Waals surface area contributed by atoms with Crippen molar-refractivity contribution in [3.05, 3.63) is 42.0 Å². The van der Waals surface area contributed by atoms with E-state index in [4.69, 9.17) is 5.11 Å². The molecule has 0 radical (unpaired) electrons. The molecule has 0 amide bonds. The first-order chi connectivity index (χ1) is 8.25. The Morgan fingerprint density at radius 1 is 1.41 bits per heavy atom. The van der Waals surface area contributed by atoms with Crippen LogP contribution in [-0.4, -0.2) is 23.7 Å². The maximum absolute atomic E-state index is 10.8. The van der Waals surface area contributed by atoms with E-state index in [9.17, 15) is 4.79 Å². The zero-order valence-corrected chi connectivity index (χ0v) is 9.67. The molecular weight excluding hydrogens is 214 g/mol. The van der Waals surface area contributed by atoms with Crippen LogP contribution in [0.2, 0.25) is 0 Å². The van der Waals surface area contributed by atoms with E-state index in [2.05, 4.69) is 29.6 Å².